The molecule has 1 aromatic rings. The van der Waals surface area contributed by atoms with Crippen molar-refractivity contribution < 1.29 is 36.7 Å². The number of carbonyl (C=O) groups excluding carboxylic acids is 3. The van der Waals surface area contributed by atoms with Gasteiger partial charge in [-0.2, -0.15) is 0 Å². The van der Waals surface area contributed by atoms with Crippen LogP contribution in [-0.2, 0) is 42.2 Å². The van der Waals surface area contributed by atoms with E-state index in [0.717, 1.165) is 47.7 Å². The average molecular weight is 728 g/mol. The molecule has 1 saturated heterocycles. The maximum atomic E-state index is 14.3. The summed E-state index contributed by atoms with van der Waals surface area (Å²) in [7, 11) is -2.12. The third-order valence-electron chi connectivity index (χ3n) is 10.2. The lowest BCUT2D eigenvalue weighted by atomic mass is 10.0. The van der Waals surface area contributed by atoms with Gasteiger partial charge in [0.1, 0.15) is 23.6 Å². The lowest BCUT2D eigenvalue weighted by molar-refractivity contribution is -0.127. The maximum Gasteiger partial charge on any atom is 0.410 e. The highest BCUT2D eigenvalue weighted by Gasteiger charge is 2.48. The molecule has 0 radical (unpaired) electrons. The van der Waals surface area contributed by atoms with Gasteiger partial charge in [0.25, 0.3) is 0 Å². The molecule has 51 heavy (non-hydrogen) atoms. The van der Waals surface area contributed by atoms with E-state index >= 15 is 0 Å². The quantitative estimate of drug-likeness (QED) is 0.225. The number of likely N-dealkylation sites (tertiary alicyclic amines) is 1. The Morgan fingerprint density at radius 1 is 1.12 bits per heavy atom. The monoisotopic (exact) mass is 727 g/mol. The van der Waals surface area contributed by atoms with Crippen molar-refractivity contribution in [2.75, 3.05) is 13.6 Å². The van der Waals surface area contributed by atoms with E-state index in [1.165, 1.54) is 18.0 Å². The number of nitrogens with two attached hydrogens (primary N) is 1. The Hall–Kier alpha value is -3.94. The molecule has 0 spiro atoms. The van der Waals surface area contributed by atoms with Crippen LogP contribution in [0.3, 0.4) is 0 Å². The molecule has 2 aliphatic carbocycles. The zero-order chi connectivity index (χ0) is 36.7. The fourth-order valence-corrected chi connectivity index (χ4v) is 8.77. The fraction of sp³-hybridized carbons (Fsp3) is 0.622. The van der Waals surface area contributed by atoms with Crippen molar-refractivity contribution in [1.82, 2.24) is 14.1 Å². The van der Waals surface area contributed by atoms with Crippen LogP contribution in [0.25, 0.3) is 0 Å². The van der Waals surface area contributed by atoms with Crippen LogP contribution in [0.15, 0.2) is 47.1 Å². The van der Waals surface area contributed by atoms with E-state index in [9.17, 15) is 27.2 Å². The summed E-state index contributed by atoms with van der Waals surface area (Å²) >= 11 is 0. The first-order valence-corrected chi connectivity index (χ1v) is 19.6. The lowest BCUT2D eigenvalue weighted by Gasteiger charge is -2.28. The third kappa shape index (κ3) is 8.58. The Bertz CT molecular complexity index is 1730. The number of hydrogen-bond acceptors (Lipinski definition) is 9. The first-order valence-electron chi connectivity index (χ1n) is 18.1. The number of primary amides is 1. The van der Waals surface area contributed by atoms with Crippen molar-refractivity contribution in [2.45, 2.75) is 121 Å². The summed E-state index contributed by atoms with van der Waals surface area (Å²) in [6.45, 7) is 6.49. The molecule has 3 amide bonds. The number of fused-ring (bicyclic) bond motifs is 1. The number of benzene rings is 1. The van der Waals surface area contributed by atoms with Crippen LogP contribution in [0.5, 0.6) is 0 Å². The van der Waals surface area contributed by atoms with Crippen LogP contribution >= 0.6 is 0 Å². The lowest BCUT2D eigenvalue weighted by Crippen LogP contribution is -2.41. The van der Waals surface area contributed by atoms with E-state index in [1.54, 1.807) is 12.1 Å². The Kier molecular flexibility index (Phi) is 10.5. The minimum absolute atomic E-state index is 0.0903. The van der Waals surface area contributed by atoms with Gasteiger partial charge in [-0.3, -0.25) is 14.5 Å². The molecule has 5 atom stereocenters. The van der Waals surface area contributed by atoms with E-state index in [0.29, 0.717) is 30.7 Å². The van der Waals surface area contributed by atoms with E-state index in [2.05, 4.69) is 6.08 Å². The van der Waals surface area contributed by atoms with Crippen molar-refractivity contribution in [2.24, 2.45) is 22.6 Å². The molecule has 278 valence electrons. The highest BCUT2D eigenvalue weighted by molar-refractivity contribution is 7.90. The van der Waals surface area contributed by atoms with Crippen LogP contribution in [-0.4, -0.2) is 89.0 Å². The molecule has 12 nitrogen and oxygen atoms in total. The van der Waals surface area contributed by atoms with Gasteiger partial charge in [-0.05, 0) is 76.8 Å². The molecule has 3 heterocycles. The van der Waals surface area contributed by atoms with E-state index in [1.807, 2.05) is 37.8 Å². The van der Waals surface area contributed by atoms with Crippen molar-refractivity contribution in [1.29, 1.82) is 0 Å². The number of allylic oxidation sites excluding steroid dienone is 2. The Morgan fingerprint density at radius 2 is 1.88 bits per heavy atom. The second kappa shape index (κ2) is 14.6. The smallest absolute Gasteiger partial charge is 0.410 e. The molecule has 0 bridgehead atoms. The number of aliphatic imine (C=N–C) groups is 1. The molecule has 0 aromatic heterocycles. The highest BCUT2D eigenvalue weighted by Crippen LogP contribution is 2.43. The fourth-order valence-electron chi connectivity index (χ4n) is 7.21. The van der Waals surface area contributed by atoms with Gasteiger partial charge in [-0.25, -0.2) is 26.9 Å². The molecule has 3 aliphatic heterocycles. The number of nitrogens with zero attached hydrogens (tertiary/aromatic N) is 4. The van der Waals surface area contributed by atoms with Crippen molar-refractivity contribution in [3.8, 4) is 0 Å². The van der Waals surface area contributed by atoms with Crippen molar-refractivity contribution in [3.63, 3.8) is 0 Å². The van der Waals surface area contributed by atoms with Crippen LogP contribution < -0.4 is 5.73 Å². The number of halogens is 1. The van der Waals surface area contributed by atoms with Gasteiger partial charge in [0.05, 0.1) is 24.4 Å². The van der Waals surface area contributed by atoms with Gasteiger partial charge in [-0.15, -0.1) is 0 Å². The Labute approximate surface area is 299 Å². The number of carbonyl (C=O) groups is 3. The summed E-state index contributed by atoms with van der Waals surface area (Å²) in [5.74, 6) is -0.850. The zero-order valence-electron chi connectivity index (χ0n) is 29.9. The SMILES string of the molecule is CN(C(=O)C1CC1C=CCCCCCC1N=C(OC(C)(C)C)C=C1N1CC(OC(=O)N2Cc3cccc(F)c3C2)CC1C(N)=O)S(=O)(=O)C1CC1. The molecule has 5 unspecified atom stereocenters. The number of unbranched alkanes of at least 4 members (excludes halogenated alkanes) is 3. The summed E-state index contributed by atoms with van der Waals surface area (Å²) in [5, 5.41) is -0.395. The minimum atomic E-state index is -3.51. The molecular weight excluding hydrogens is 678 g/mol. The highest BCUT2D eigenvalue weighted by atomic mass is 32.2. The van der Waals surface area contributed by atoms with Crippen molar-refractivity contribution in [3.05, 3.63) is 59.1 Å². The normalized spacial score (nSPS) is 25.9. The van der Waals surface area contributed by atoms with Crippen LogP contribution in [0, 0.1) is 17.7 Å². The predicted octanol–water partition coefficient (Wildman–Crippen LogP) is 4.78. The van der Waals surface area contributed by atoms with Gasteiger partial charge in [0.15, 0.2) is 0 Å². The van der Waals surface area contributed by atoms with Crippen molar-refractivity contribution >= 4 is 33.8 Å². The van der Waals surface area contributed by atoms with Crippen LogP contribution in [0.4, 0.5) is 9.18 Å². The summed E-state index contributed by atoms with van der Waals surface area (Å²) in [5.41, 5.74) is 7.45. The Balaban J connectivity index is 0.999. The molecular formula is C37H50FN5O7S. The third-order valence-corrected chi connectivity index (χ3v) is 12.5. The molecule has 5 aliphatic rings. The molecule has 2 saturated carbocycles. The second-order valence-electron chi connectivity index (χ2n) is 15.4. The molecule has 2 N–H and O–H groups in total. The van der Waals surface area contributed by atoms with E-state index in [-0.39, 0.29) is 55.7 Å². The molecule has 14 heteroatoms. The summed E-state index contributed by atoms with van der Waals surface area (Å²) in [6, 6.07) is 3.86. The minimum Gasteiger partial charge on any atom is -0.472 e. The van der Waals surface area contributed by atoms with Crippen LogP contribution in [0.2, 0.25) is 0 Å². The maximum absolute atomic E-state index is 14.3. The van der Waals surface area contributed by atoms with Gasteiger partial charge in [0, 0.05) is 43.3 Å². The first-order chi connectivity index (χ1) is 24.1. The van der Waals surface area contributed by atoms with E-state index in [4.69, 9.17) is 20.2 Å². The summed E-state index contributed by atoms with van der Waals surface area (Å²) < 4.78 is 52.0. The molecule has 1 aromatic carbocycles. The zero-order valence-corrected chi connectivity index (χ0v) is 30.7. The number of sulfonamides is 1. The summed E-state index contributed by atoms with van der Waals surface area (Å²) in [4.78, 5) is 46.7. The molecule has 6 rings (SSSR count). The summed E-state index contributed by atoms with van der Waals surface area (Å²) in [6.07, 6.45) is 11.3. The largest absolute Gasteiger partial charge is 0.472 e. The average Bonchev–Trinajstić information content (AvgIpc) is 3.93. The van der Waals surface area contributed by atoms with E-state index < -0.39 is 45.0 Å². The van der Waals surface area contributed by atoms with Crippen LogP contribution in [0.1, 0.15) is 89.7 Å². The number of amides is 3. The van der Waals surface area contributed by atoms with Gasteiger partial charge >= 0.3 is 6.09 Å². The predicted molar refractivity (Wildman–Crippen MR) is 189 cm³/mol. The Morgan fingerprint density at radius 3 is 2.57 bits per heavy atom. The standard InChI is InChI=1S/C37H50FN5O7S/c1-37(2,3)50-33-19-31(43-21-25(18-32(43)34(39)44)49-36(46)42-20-24-12-10-13-29(38)28(24)22-42)30(40-33)14-9-7-5-6-8-11-23-17-27(23)35(45)41(4)51(47,48)26-15-16-26/h8,10-13,19,23,25-27,30,32H,5-7,9,14-18,20-22H2,1-4H3,(H2,39,44). The first kappa shape index (κ1) is 36.8. The molecule has 3 fully saturated rings. The number of hydrogen-bond donors (Lipinski definition) is 1. The second-order valence-corrected chi connectivity index (χ2v) is 17.7. The van der Waals surface area contributed by atoms with Gasteiger partial charge in [-0.1, -0.05) is 37.1 Å². The number of ether oxygens (including phenoxy) is 2. The topological polar surface area (TPSA) is 152 Å². The number of rotatable bonds is 13. The van der Waals surface area contributed by atoms with Gasteiger partial charge < -0.3 is 20.1 Å². The van der Waals surface area contributed by atoms with Gasteiger partial charge in [0.2, 0.25) is 27.7 Å².